The summed E-state index contributed by atoms with van der Waals surface area (Å²) in [5.74, 6) is 1.59. The number of methoxy groups -OCH3 is 1. The van der Waals surface area contributed by atoms with E-state index in [1.807, 2.05) is 0 Å². The fourth-order valence-corrected chi connectivity index (χ4v) is 4.13. The molecule has 1 N–H and O–H groups in total. The molecule has 3 atom stereocenters. The number of hydrogen-bond donors (Lipinski definition) is 1. The van der Waals surface area contributed by atoms with Crippen LogP contribution in [-0.4, -0.2) is 21.6 Å². The summed E-state index contributed by atoms with van der Waals surface area (Å²) in [6.45, 7) is 4.32. The van der Waals surface area contributed by atoms with E-state index >= 15 is 0 Å². The van der Waals surface area contributed by atoms with E-state index in [0.717, 1.165) is 12.8 Å². The first-order valence-electron chi connectivity index (χ1n) is 7.10. The molecule has 4 nitrogen and oxygen atoms in total. The topological polar surface area (TPSA) is 55.4 Å². The van der Waals surface area contributed by atoms with E-state index in [-0.39, 0.29) is 6.04 Å². The number of benzene rings is 1. The minimum absolute atomic E-state index is 0.0332. The Morgan fingerprint density at radius 2 is 1.80 bits per heavy atom. The molecule has 5 heteroatoms. The molecule has 0 saturated heterocycles. The first kappa shape index (κ1) is 15.3. The predicted molar refractivity (Wildman–Crippen MR) is 79.3 cm³/mol. The minimum Gasteiger partial charge on any atom is -0.497 e. The summed E-state index contributed by atoms with van der Waals surface area (Å²) >= 11 is 0. The number of sulfonamides is 1. The van der Waals surface area contributed by atoms with Crippen molar-refractivity contribution in [3.05, 3.63) is 24.3 Å². The van der Waals surface area contributed by atoms with Gasteiger partial charge in [0.2, 0.25) is 10.0 Å². The molecule has 0 aromatic heterocycles. The Labute approximate surface area is 121 Å². The van der Waals surface area contributed by atoms with Crippen molar-refractivity contribution in [1.29, 1.82) is 0 Å². The molecule has 1 saturated carbocycles. The average Bonchev–Trinajstić information content (AvgIpc) is 2.44. The molecule has 0 spiro atoms. The SMILES string of the molecule is COc1ccc(S(=O)(=O)N[C@H]2CCC[C@@H](C)[C@@H]2C)cc1. The van der Waals surface area contributed by atoms with Gasteiger partial charge in [0.15, 0.2) is 0 Å². The molecule has 1 aliphatic rings. The summed E-state index contributed by atoms with van der Waals surface area (Å²) in [5.41, 5.74) is 0. The van der Waals surface area contributed by atoms with E-state index in [4.69, 9.17) is 4.74 Å². The van der Waals surface area contributed by atoms with Crippen LogP contribution in [0.4, 0.5) is 0 Å². The number of nitrogens with one attached hydrogen (secondary N) is 1. The summed E-state index contributed by atoms with van der Waals surface area (Å²) in [5, 5.41) is 0. The fourth-order valence-electron chi connectivity index (χ4n) is 2.77. The van der Waals surface area contributed by atoms with E-state index in [1.54, 1.807) is 31.4 Å². The zero-order chi connectivity index (χ0) is 14.8. The van der Waals surface area contributed by atoms with Crippen LogP contribution < -0.4 is 9.46 Å². The van der Waals surface area contributed by atoms with E-state index in [0.29, 0.717) is 22.5 Å². The van der Waals surface area contributed by atoms with Gasteiger partial charge in [0, 0.05) is 6.04 Å². The maximum Gasteiger partial charge on any atom is 0.240 e. The Bertz CT molecular complexity index is 539. The third-order valence-electron chi connectivity index (χ3n) is 4.38. The largest absolute Gasteiger partial charge is 0.497 e. The van der Waals surface area contributed by atoms with Gasteiger partial charge in [0.25, 0.3) is 0 Å². The van der Waals surface area contributed by atoms with Gasteiger partial charge in [-0.3, -0.25) is 0 Å². The quantitative estimate of drug-likeness (QED) is 0.929. The maximum atomic E-state index is 12.4. The zero-order valence-electron chi connectivity index (χ0n) is 12.3. The lowest BCUT2D eigenvalue weighted by molar-refractivity contribution is 0.227. The predicted octanol–water partition coefficient (Wildman–Crippen LogP) is 2.80. The van der Waals surface area contributed by atoms with Gasteiger partial charge in [-0.25, -0.2) is 13.1 Å². The Kier molecular flexibility index (Phi) is 4.70. The van der Waals surface area contributed by atoms with Crippen LogP contribution in [0.3, 0.4) is 0 Å². The molecule has 0 amide bonds. The monoisotopic (exact) mass is 297 g/mol. The molecular formula is C15H23NO3S. The van der Waals surface area contributed by atoms with E-state index < -0.39 is 10.0 Å². The Balaban J connectivity index is 2.13. The smallest absolute Gasteiger partial charge is 0.240 e. The minimum atomic E-state index is -3.45. The molecule has 1 fully saturated rings. The third kappa shape index (κ3) is 3.33. The van der Waals surface area contributed by atoms with Crippen molar-refractivity contribution in [2.45, 2.75) is 44.0 Å². The molecule has 1 aliphatic carbocycles. The Morgan fingerprint density at radius 1 is 1.15 bits per heavy atom. The van der Waals surface area contributed by atoms with Gasteiger partial charge in [-0.15, -0.1) is 0 Å². The molecule has 0 aliphatic heterocycles. The zero-order valence-corrected chi connectivity index (χ0v) is 13.1. The molecule has 0 unspecified atom stereocenters. The average molecular weight is 297 g/mol. The molecule has 112 valence electrons. The molecule has 20 heavy (non-hydrogen) atoms. The van der Waals surface area contributed by atoms with Gasteiger partial charge < -0.3 is 4.74 Å². The second-order valence-corrected chi connectivity index (χ2v) is 7.38. The van der Waals surface area contributed by atoms with Crippen LogP contribution in [0.5, 0.6) is 5.75 Å². The molecule has 0 bridgehead atoms. The first-order valence-corrected chi connectivity index (χ1v) is 8.59. The highest BCUT2D eigenvalue weighted by Crippen LogP contribution is 2.30. The Morgan fingerprint density at radius 3 is 2.40 bits per heavy atom. The van der Waals surface area contributed by atoms with E-state index in [2.05, 4.69) is 18.6 Å². The molecule has 0 heterocycles. The normalized spacial score (nSPS) is 27.2. The van der Waals surface area contributed by atoms with Crippen molar-refractivity contribution in [2.24, 2.45) is 11.8 Å². The van der Waals surface area contributed by atoms with Crippen LogP contribution in [0.15, 0.2) is 29.2 Å². The van der Waals surface area contributed by atoms with E-state index in [9.17, 15) is 8.42 Å². The molecule has 0 radical (unpaired) electrons. The van der Waals surface area contributed by atoms with Crippen molar-refractivity contribution in [3.8, 4) is 5.75 Å². The standard InChI is InChI=1S/C15H23NO3S/c1-11-5-4-6-15(12(11)2)16-20(17,18)14-9-7-13(19-3)8-10-14/h7-12,15-16H,4-6H2,1-3H3/t11-,12+,15+/m1/s1. The van der Waals surface area contributed by atoms with Crippen LogP contribution >= 0.6 is 0 Å². The first-order chi connectivity index (χ1) is 9.44. The number of ether oxygens (including phenoxy) is 1. The lowest BCUT2D eigenvalue weighted by Gasteiger charge is -2.34. The number of hydrogen-bond acceptors (Lipinski definition) is 3. The van der Waals surface area contributed by atoms with Gasteiger partial charge in [-0.2, -0.15) is 0 Å². The summed E-state index contributed by atoms with van der Waals surface area (Å²) in [6.07, 6.45) is 3.18. The molecular weight excluding hydrogens is 274 g/mol. The van der Waals surface area contributed by atoms with Crippen molar-refractivity contribution in [1.82, 2.24) is 4.72 Å². The summed E-state index contributed by atoms with van der Waals surface area (Å²) < 4.78 is 32.7. The fraction of sp³-hybridized carbons (Fsp3) is 0.600. The van der Waals surface area contributed by atoms with Crippen molar-refractivity contribution >= 4 is 10.0 Å². The van der Waals surface area contributed by atoms with Gasteiger partial charge in [-0.05, 0) is 42.5 Å². The maximum absolute atomic E-state index is 12.4. The lowest BCUT2D eigenvalue weighted by Crippen LogP contribution is -2.43. The highest BCUT2D eigenvalue weighted by atomic mass is 32.2. The van der Waals surface area contributed by atoms with Gasteiger partial charge in [0.05, 0.1) is 12.0 Å². The van der Waals surface area contributed by atoms with Crippen LogP contribution in [-0.2, 0) is 10.0 Å². The van der Waals surface area contributed by atoms with Crippen LogP contribution in [0.25, 0.3) is 0 Å². The molecule has 1 aromatic carbocycles. The van der Waals surface area contributed by atoms with Gasteiger partial charge >= 0.3 is 0 Å². The highest BCUT2D eigenvalue weighted by molar-refractivity contribution is 7.89. The van der Waals surface area contributed by atoms with Crippen molar-refractivity contribution < 1.29 is 13.2 Å². The second-order valence-electron chi connectivity index (χ2n) is 5.67. The second kappa shape index (κ2) is 6.14. The van der Waals surface area contributed by atoms with Crippen molar-refractivity contribution in [3.63, 3.8) is 0 Å². The van der Waals surface area contributed by atoms with Crippen LogP contribution in [0, 0.1) is 11.8 Å². The number of rotatable bonds is 4. The summed E-state index contributed by atoms with van der Waals surface area (Å²) in [7, 11) is -1.88. The van der Waals surface area contributed by atoms with E-state index in [1.165, 1.54) is 6.42 Å². The lowest BCUT2D eigenvalue weighted by atomic mass is 9.78. The van der Waals surface area contributed by atoms with Crippen LogP contribution in [0.1, 0.15) is 33.1 Å². The van der Waals surface area contributed by atoms with Gasteiger partial charge in [-0.1, -0.05) is 26.7 Å². The molecule has 1 aromatic rings. The third-order valence-corrected chi connectivity index (χ3v) is 5.89. The highest BCUT2D eigenvalue weighted by Gasteiger charge is 2.30. The summed E-state index contributed by atoms with van der Waals surface area (Å²) in [6, 6.07) is 6.53. The van der Waals surface area contributed by atoms with Crippen LogP contribution in [0.2, 0.25) is 0 Å². The van der Waals surface area contributed by atoms with Gasteiger partial charge in [0.1, 0.15) is 5.75 Å². The summed E-state index contributed by atoms with van der Waals surface area (Å²) in [4.78, 5) is 0.295. The van der Waals surface area contributed by atoms with Crippen molar-refractivity contribution in [2.75, 3.05) is 7.11 Å². The Hall–Kier alpha value is -1.07. The molecule has 2 rings (SSSR count).